The van der Waals surface area contributed by atoms with Gasteiger partial charge >= 0.3 is 0 Å². The van der Waals surface area contributed by atoms with Crippen LogP contribution in [-0.4, -0.2) is 10.7 Å². The number of non-ortho nitro benzene ring substituents is 1. The molecular formula is C15H8FNO4. The molecule has 104 valence electrons. The molecule has 0 spiro atoms. The number of hydrogen-bond donors (Lipinski definition) is 0. The SMILES string of the molecule is O=C(c1ccc(F)cc1)c1cc2cc([N+](=O)[O-])ccc2o1. The van der Waals surface area contributed by atoms with Crippen molar-refractivity contribution in [2.75, 3.05) is 0 Å². The molecule has 21 heavy (non-hydrogen) atoms. The van der Waals surface area contributed by atoms with Gasteiger partial charge in [-0.15, -0.1) is 0 Å². The molecule has 0 bridgehead atoms. The Bertz CT molecular complexity index is 852. The van der Waals surface area contributed by atoms with Gasteiger partial charge in [0.15, 0.2) is 5.76 Å². The lowest BCUT2D eigenvalue weighted by molar-refractivity contribution is -0.384. The highest BCUT2D eigenvalue weighted by atomic mass is 19.1. The van der Waals surface area contributed by atoms with Crippen LogP contribution in [0.25, 0.3) is 11.0 Å². The summed E-state index contributed by atoms with van der Waals surface area (Å²) in [4.78, 5) is 22.4. The number of furan rings is 1. The highest BCUT2D eigenvalue weighted by Crippen LogP contribution is 2.25. The van der Waals surface area contributed by atoms with Crippen molar-refractivity contribution in [1.82, 2.24) is 0 Å². The van der Waals surface area contributed by atoms with Gasteiger partial charge < -0.3 is 4.42 Å². The second-order valence-electron chi connectivity index (χ2n) is 4.43. The Kier molecular flexibility index (Phi) is 2.98. The molecule has 3 rings (SSSR count). The molecule has 0 saturated carbocycles. The van der Waals surface area contributed by atoms with E-state index in [1.807, 2.05) is 0 Å². The maximum absolute atomic E-state index is 12.8. The van der Waals surface area contributed by atoms with Crippen molar-refractivity contribution in [2.24, 2.45) is 0 Å². The first-order chi connectivity index (χ1) is 10.0. The van der Waals surface area contributed by atoms with Crippen molar-refractivity contribution in [3.63, 3.8) is 0 Å². The Labute approximate surface area is 117 Å². The summed E-state index contributed by atoms with van der Waals surface area (Å²) in [5.41, 5.74) is 0.583. The first-order valence-corrected chi connectivity index (χ1v) is 6.03. The van der Waals surface area contributed by atoms with Gasteiger partial charge in [-0.2, -0.15) is 0 Å². The van der Waals surface area contributed by atoms with Gasteiger partial charge in [0.1, 0.15) is 11.4 Å². The van der Waals surface area contributed by atoms with Gasteiger partial charge in [0, 0.05) is 23.1 Å². The van der Waals surface area contributed by atoms with E-state index in [2.05, 4.69) is 0 Å². The average Bonchev–Trinajstić information content (AvgIpc) is 2.90. The number of hydrogen-bond acceptors (Lipinski definition) is 4. The monoisotopic (exact) mass is 285 g/mol. The molecular weight excluding hydrogens is 277 g/mol. The summed E-state index contributed by atoms with van der Waals surface area (Å²) < 4.78 is 18.2. The predicted octanol–water partition coefficient (Wildman–Crippen LogP) is 3.71. The summed E-state index contributed by atoms with van der Waals surface area (Å²) in [6, 6.07) is 10.6. The average molecular weight is 285 g/mol. The molecule has 0 aliphatic carbocycles. The number of ketones is 1. The Morgan fingerprint density at radius 3 is 2.48 bits per heavy atom. The van der Waals surface area contributed by atoms with E-state index in [0.717, 1.165) is 0 Å². The molecule has 0 aliphatic heterocycles. The van der Waals surface area contributed by atoms with Crippen LogP contribution in [0, 0.1) is 15.9 Å². The van der Waals surface area contributed by atoms with Crippen LogP contribution in [0.3, 0.4) is 0 Å². The number of carbonyl (C=O) groups excluding carboxylic acids is 1. The number of halogens is 1. The lowest BCUT2D eigenvalue weighted by atomic mass is 10.1. The van der Waals surface area contributed by atoms with Crippen LogP contribution in [-0.2, 0) is 0 Å². The van der Waals surface area contributed by atoms with Crippen LogP contribution >= 0.6 is 0 Å². The summed E-state index contributed by atoms with van der Waals surface area (Å²) in [6.45, 7) is 0. The highest BCUT2D eigenvalue weighted by Gasteiger charge is 2.16. The van der Waals surface area contributed by atoms with E-state index in [1.54, 1.807) is 0 Å². The molecule has 6 heteroatoms. The third kappa shape index (κ3) is 2.38. The van der Waals surface area contributed by atoms with Gasteiger partial charge in [-0.1, -0.05) is 0 Å². The maximum Gasteiger partial charge on any atom is 0.270 e. The first-order valence-electron chi connectivity index (χ1n) is 6.03. The largest absolute Gasteiger partial charge is 0.453 e. The van der Waals surface area contributed by atoms with Crippen molar-refractivity contribution >= 4 is 22.4 Å². The predicted molar refractivity (Wildman–Crippen MR) is 72.7 cm³/mol. The van der Waals surface area contributed by atoms with Crippen LogP contribution in [0.5, 0.6) is 0 Å². The van der Waals surface area contributed by atoms with E-state index in [4.69, 9.17) is 4.42 Å². The van der Waals surface area contributed by atoms with Crippen LogP contribution in [0.15, 0.2) is 52.9 Å². The zero-order valence-electron chi connectivity index (χ0n) is 10.6. The minimum absolute atomic E-state index is 0.0529. The van der Waals surface area contributed by atoms with Gasteiger partial charge in [0.05, 0.1) is 4.92 Å². The van der Waals surface area contributed by atoms with E-state index in [-0.39, 0.29) is 17.0 Å². The molecule has 0 radical (unpaired) electrons. The molecule has 1 heterocycles. The quantitative estimate of drug-likeness (QED) is 0.417. The zero-order valence-corrected chi connectivity index (χ0v) is 10.6. The Morgan fingerprint density at radius 1 is 1.10 bits per heavy atom. The summed E-state index contributed by atoms with van der Waals surface area (Å²) >= 11 is 0. The molecule has 0 aliphatic rings. The third-order valence-corrected chi connectivity index (χ3v) is 3.04. The van der Waals surface area contributed by atoms with Gasteiger partial charge in [-0.3, -0.25) is 14.9 Å². The lowest BCUT2D eigenvalue weighted by Gasteiger charge is -1.96. The molecule has 5 nitrogen and oxygen atoms in total. The van der Waals surface area contributed by atoms with Crippen molar-refractivity contribution < 1.29 is 18.5 Å². The molecule has 0 atom stereocenters. The Balaban J connectivity index is 2.02. The van der Waals surface area contributed by atoms with E-state index < -0.39 is 16.5 Å². The highest BCUT2D eigenvalue weighted by molar-refractivity contribution is 6.09. The first kappa shape index (κ1) is 13.0. The standard InChI is InChI=1S/C15H8FNO4/c16-11-3-1-9(2-4-11)15(18)14-8-10-7-12(17(19)20)5-6-13(10)21-14/h1-8H. The maximum atomic E-state index is 12.8. The van der Waals surface area contributed by atoms with Crippen LogP contribution < -0.4 is 0 Å². The van der Waals surface area contributed by atoms with Crippen molar-refractivity contribution in [3.8, 4) is 0 Å². The van der Waals surface area contributed by atoms with E-state index in [9.17, 15) is 19.3 Å². The fourth-order valence-electron chi connectivity index (χ4n) is 2.00. The molecule has 1 aromatic heterocycles. The minimum Gasteiger partial charge on any atom is -0.453 e. The van der Waals surface area contributed by atoms with Gasteiger partial charge in [0.2, 0.25) is 5.78 Å². The summed E-state index contributed by atoms with van der Waals surface area (Å²) in [5.74, 6) is -0.794. The summed E-state index contributed by atoms with van der Waals surface area (Å²) in [5, 5.41) is 11.2. The molecule has 2 aromatic carbocycles. The smallest absolute Gasteiger partial charge is 0.270 e. The van der Waals surface area contributed by atoms with E-state index in [0.29, 0.717) is 11.0 Å². The Morgan fingerprint density at radius 2 is 1.81 bits per heavy atom. The molecule has 0 amide bonds. The topological polar surface area (TPSA) is 73.3 Å². The molecule has 3 aromatic rings. The summed E-state index contributed by atoms with van der Waals surface area (Å²) in [6.07, 6.45) is 0. The fourth-order valence-corrected chi connectivity index (χ4v) is 2.00. The number of nitrogens with zero attached hydrogens (tertiary/aromatic N) is 1. The molecule has 0 saturated heterocycles. The van der Waals surface area contributed by atoms with Gasteiger partial charge in [-0.05, 0) is 36.4 Å². The number of nitro benzene ring substituents is 1. The minimum atomic E-state index is -0.520. The second-order valence-corrected chi connectivity index (χ2v) is 4.43. The number of carbonyl (C=O) groups is 1. The third-order valence-electron chi connectivity index (χ3n) is 3.04. The van der Waals surface area contributed by atoms with Crippen LogP contribution in [0.2, 0.25) is 0 Å². The van der Waals surface area contributed by atoms with E-state index in [1.165, 1.54) is 48.5 Å². The van der Waals surface area contributed by atoms with Crippen molar-refractivity contribution in [3.05, 3.63) is 75.8 Å². The van der Waals surface area contributed by atoms with Crippen molar-refractivity contribution in [2.45, 2.75) is 0 Å². The van der Waals surface area contributed by atoms with Gasteiger partial charge in [0.25, 0.3) is 5.69 Å². The molecule has 0 N–H and O–H groups in total. The summed E-state index contributed by atoms with van der Waals surface area (Å²) in [7, 11) is 0. The Hall–Kier alpha value is -3.02. The second kappa shape index (κ2) is 4.82. The number of fused-ring (bicyclic) bond motifs is 1. The van der Waals surface area contributed by atoms with Crippen LogP contribution in [0.1, 0.15) is 16.1 Å². The number of nitro groups is 1. The zero-order chi connectivity index (χ0) is 15.0. The molecule has 0 unspecified atom stereocenters. The fraction of sp³-hybridized carbons (Fsp3) is 0. The number of benzene rings is 2. The van der Waals surface area contributed by atoms with Crippen molar-refractivity contribution in [1.29, 1.82) is 0 Å². The lowest BCUT2D eigenvalue weighted by Crippen LogP contribution is -1.99. The van der Waals surface area contributed by atoms with E-state index >= 15 is 0 Å². The number of rotatable bonds is 3. The molecule has 0 fully saturated rings. The van der Waals surface area contributed by atoms with Gasteiger partial charge in [-0.25, -0.2) is 4.39 Å². The normalized spacial score (nSPS) is 10.7. The van der Waals surface area contributed by atoms with Crippen LogP contribution in [0.4, 0.5) is 10.1 Å².